The van der Waals surface area contributed by atoms with Crippen LogP contribution in [0.25, 0.3) is 0 Å². The summed E-state index contributed by atoms with van der Waals surface area (Å²) in [5.74, 6) is 0.0761. The highest BCUT2D eigenvalue weighted by Gasteiger charge is 2.40. The molecular formula is C36H40N2O5S. The molecule has 44 heavy (non-hydrogen) atoms. The number of esters is 1. The average molecular weight is 613 g/mol. The molecule has 1 heterocycles. The zero-order valence-electron chi connectivity index (χ0n) is 25.7. The van der Waals surface area contributed by atoms with Crippen LogP contribution in [0.1, 0.15) is 61.6 Å². The second-order valence-electron chi connectivity index (χ2n) is 11.4. The van der Waals surface area contributed by atoms with Gasteiger partial charge in [-0.05, 0) is 66.3 Å². The van der Waals surface area contributed by atoms with Crippen LogP contribution < -0.4 is 9.46 Å². The molecule has 0 radical (unpaired) electrons. The first-order valence-electron chi connectivity index (χ1n) is 15.1. The summed E-state index contributed by atoms with van der Waals surface area (Å²) in [6.45, 7) is 8.87. The monoisotopic (exact) mass is 612 g/mol. The van der Waals surface area contributed by atoms with Crippen LogP contribution in [-0.4, -0.2) is 31.4 Å². The molecule has 1 atom stereocenters. The van der Waals surface area contributed by atoms with Gasteiger partial charge in [-0.2, -0.15) is 0 Å². The van der Waals surface area contributed by atoms with Crippen molar-refractivity contribution >= 4 is 21.7 Å². The maximum Gasteiger partial charge on any atom is 0.303 e. The summed E-state index contributed by atoms with van der Waals surface area (Å²) in [4.78, 5) is 15.0. The normalized spacial score (nSPS) is 16.3. The number of rotatable bonds is 7. The predicted octanol–water partition coefficient (Wildman–Crippen LogP) is 7.07. The van der Waals surface area contributed by atoms with Crippen molar-refractivity contribution < 1.29 is 22.7 Å². The standard InChI is InChI=1S/C34H34N2O5S.C2H6/c1-24(37)41-33(31-16-15-29-18-32(31)35-42(38,39)30-14-8-11-26(17-30)23-40-29)22-36(21-25-9-4-3-5-10-25)34(2)19-27-12-6-7-13-28(27)20-34;1-2/h3-18,33,35H,19-23H2,1-2H3;1-2H3/t33-;/m0./s1. The number of sulfonamides is 1. The second kappa shape index (κ2) is 13.2. The molecule has 8 heteroatoms. The van der Waals surface area contributed by atoms with Gasteiger partial charge in [0.05, 0.1) is 10.6 Å². The molecule has 4 aromatic carbocycles. The van der Waals surface area contributed by atoms with Gasteiger partial charge in [0.25, 0.3) is 10.0 Å². The summed E-state index contributed by atoms with van der Waals surface area (Å²) in [5, 5.41) is 0. The molecule has 1 N–H and O–H groups in total. The van der Waals surface area contributed by atoms with Gasteiger partial charge < -0.3 is 9.47 Å². The van der Waals surface area contributed by atoms with Gasteiger partial charge in [-0.3, -0.25) is 14.4 Å². The largest absolute Gasteiger partial charge is 0.489 e. The lowest BCUT2D eigenvalue weighted by atomic mass is 9.93. The van der Waals surface area contributed by atoms with E-state index in [1.54, 1.807) is 36.4 Å². The summed E-state index contributed by atoms with van der Waals surface area (Å²) in [7, 11) is -3.90. The Morgan fingerprint density at radius 2 is 1.61 bits per heavy atom. The maximum absolute atomic E-state index is 13.5. The van der Waals surface area contributed by atoms with E-state index in [2.05, 4.69) is 52.9 Å². The van der Waals surface area contributed by atoms with Crippen LogP contribution in [0.4, 0.5) is 5.69 Å². The van der Waals surface area contributed by atoms with Crippen LogP contribution in [0.3, 0.4) is 0 Å². The summed E-state index contributed by atoms with van der Waals surface area (Å²) < 4.78 is 41.7. The predicted molar refractivity (Wildman–Crippen MR) is 173 cm³/mol. The quantitative estimate of drug-likeness (QED) is 0.225. The molecule has 1 aliphatic carbocycles. The molecule has 2 aliphatic rings. The fourth-order valence-corrected chi connectivity index (χ4v) is 7.20. The zero-order valence-corrected chi connectivity index (χ0v) is 26.6. The van der Waals surface area contributed by atoms with Crippen molar-refractivity contribution in [2.45, 2.75) is 70.2 Å². The Kier molecular flexibility index (Phi) is 9.42. The smallest absolute Gasteiger partial charge is 0.303 e. The highest BCUT2D eigenvalue weighted by Crippen LogP contribution is 2.39. The van der Waals surface area contributed by atoms with E-state index in [9.17, 15) is 13.2 Å². The van der Waals surface area contributed by atoms with Crippen LogP contribution in [0.2, 0.25) is 0 Å². The zero-order chi connectivity index (χ0) is 31.3. The molecule has 1 aliphatic heterocycles. The third-order valence-electron chi connectivity index (χ3n) is 8.17. The van der Waals surface area contributed by atoms with Gasteiger partial charge in [-0.25, -0.2) is 8.42 Å². The number of hydrogen-bond donors (Lipinski definition) is 1. The number of nitrogens with zero attached hydrogens (tertiary/aromatic N) is 1. The number of benzene rings is 4. The van der Waals surface area contributed by atoms with E-state index in [0.29, 0.717) is 30.1 Å². The number of fused-ring (bicyclic) bond motifs is 5. The lowest BCUT2D eigenvalue weighted by molar-refractivity contribution is -0.148. The van der Waals surface area contributed by atoms with Crippen LogP contribution in [0.15, 0.2) is 102 Å². The minimum atomic E-state index is -3.90. The Morgan fingerprint density at radius 3 is 2.30 bits per heavy atom. The highest BCUT2D eigenvalue weighted by molar-refractivity contribution is 7.92. The van der Waals surface area contributed by atoms with E-state index in [-0.39, 0.29) is 17.0 Å². The Labute approximate surface area is 260 Å². The van der Waals surface area contributed by atoms with Crippen molar-refractivity contribution in [1.29, 1.82) is 0 Å². The number of carbonyl (C=O) groups excluding carboxylic acids is 1. The number of carbonyl (C=O) groups is 1. The molecule has 4 bridgehead atoms. The first kappa shape index (κ1) is 31.3. The number of hydrogen-bond acceptors (Lipinski definition) is 6. The Bertz CT molecular complexity index is 1700. The van der Waals surface area contributed by atoms with E-state index in [1.165, 1.54) is 18.1 Å². The van der Waals surface area contributed by atoms with Gasteiger partial charge in [0.1, 0.15) is 18.5 Å². The van der Waals surface area contributed by atoms with E-state index in [0.717, 1.165) is 24.0 Å². The minimum Gasteiger partial charge on any atom is -0.489 e. The van der Waals surface area contributed by atoms with Crippen LogP contribution in [0.5, 0.6) is 5.75 Å². The molecule has 0 unspecified atom stereocenters. The van der Waals surface area contributed by atoms with Gasteiger partial charge in [0, 0.05) is 37.2 Å². The van der Waals surface area contributed by atoms with Gasteiger partial charge in [0.2, 0.25) is 0 Å². The lowest BCUT2D eigenvalue weighted by Crippen LogP contribution is -2.49. The van der Waals surface area contributed by atoms with Crippen molar-refractivity contribution in [3.8, 4) is 5.75 Å². The summed E-state index contributed by atoms with van der Waals surface area (Å²) >= 11 is 0. The van der Waals surface area contributed by atoms with Gasteiger partial charge in [-0.15, -0.1) is 0 Å². The summed E-state index contributed by atoms with van der Waals surface area (Å²) in [6, 6.07) is 30.7. The van der Waals surface area contributed by atoms with Gasteiger partial charge in [0.15, 0.2) is 0 Å². The van der Waals surface area contributed by atoms with Crippen molar-refractivity contribution in [3.63, 3.8) is 0 Å². The minimum absolute atomic E-state index is 0.146. The van der Waals surface area contributed by atoms with Crippen molar-refractivity contribution in [3.05, 3.63) is 125 Å². The first-order chi connectivity index (χ1) is 21.2. The van der Waals surface area contributed by atoms with Crippen LogP contribution in [-0.2, 0) is 45.5 Å². The summed E-state index contributed by atoms with van der Waals surface area (Å²) in [6.07, 6.45) is 0.962. The fraction of sp³-hybridized carbons (Fsp3) is 0.306. The molecule has 0 aromatic heterocycles. The molecule has 0 saturated heterocycles. The Hall–Kier alpha value is -4.14. The Balaban J connectivity index is 0.00000188. The molecule has 6 rings (SSSR count). The van der Waals surface area contributed by atoms with E-state index in [4.69, 9.17) is 9.47 Å². The maximum atomic E-state index is 13.5. The fourth-order valence-electron chi connectivity index (χ4n) is 6.06. The third kappa shape index (κ3) is 6.98. The molecule has 0 amide bonds. The summed E-state index contributed by atoms with van der Waals surface area (Å²) in [5.41, 5.74) is 5.17. The second-order valence-corrected chi connectivity index (χ2v) is 13.1. The molecule has 0 spiro atoms. The van der Waals surface area contributed by atoms with Gasteiger partial charge in [-0.1, -0.05) is 80.6 Å². The van der Waals surface area contributed by atoms with Crippen molar-refractivity contribution in [2.75, 3.05) is 11.3 Å². The Morgan fingerprint density at radius 1 is 0.932 bits per heavy atom. The third-order valence-corrected chi connectivity index (χ3v) is 9.53. The first-order valence-corrected chi connectivity index (χ1v) is 16.6. The SMILES string of the molecule is CC.CC(=O)O[C@@H](CN(Cc1ccccc1)C1(C)Cc2ccccc2C1)c1ccc2cc1NS(=O)(=O)c1cccc(c1)CO2. The molecule has 230 valence electrons. The molecular weight excluding hydrogens is 572 g/mol. The topological polar surface area (TPSA) is 84.9 Å². The van der Waals surface area contributed by atoms with Crippen LogP contribution in [0, 0.1) is 0 Å². The number of ether oxygens (including phenoxy) is 2. The lowest BCUT2D eigenvalue weighted by Gasteiger charge is -2.41. The van der Waals surface area contributed by atoms with Gasteiger partial charge >= 0.3 is 5.97 Å². The molecule has 0 saturated carbocycles. The van der Waals surface area contributed by atoms with Crippen LogP contribution >= 0.6 is 0 Å². The highest BCUT2D eigenvalue weighted by atomic mass is 32.2. The molecule has 7 nitrogen and oxygen atoms in total. The average Bonchev–Trinajstić information content (AvgIpc) is 3.38. The molecule has 0 fully saturated rings. The van der Waals surface area contributed by atoms with E-state index in [1.807, 2.05) is 38.1 Å². The van der Waals surface area contributed by atoms with Crippen molar-refractivity contribution in [2.24, 2.45) is 0 Å². The molecule has 4 aromatic rings. The van der Waals surface area contributed by atoms with Crippen molar-refractivity contribution in [1.82, 2.24) is 4.90 Å². The van der Waals surface area contributed by atoms with E-state index >= 15 is 0 Å². The van der Waals surface area contributed by atoms with E-state index < -0.39 is 22.1 Å². The number of nitrogens with one attached hydrogen (secondary N) is 1. The number of anilines is 1.